The van der Waals surface area contributed by atoms with Crippen molar-refractivity contribution in [2.24, 2.45) is 0 Å². The molecule has 0 aromatic rings. The van der Waals surface area contributed by atoms with Gasteiger partial charge < -0.3 is 19.7 Å². The summed E-state index contributed by atoms with van der Waals surface area (Å²) < 4.78 is 10.7. The monoisotopic (exact) mass is 244 g/mol. The first-order valence-electron chi connectivity index (χ1n) is 6.06. The number of carbonyl (C=O) groups is 1. The first-order valence-corrected chi connectivity index (χ1v) is 6.06. The molecule has 1 heterocycles. The average molecular weight is 244 g/mol. The number of likely N-dealkylation sites (tertiary alicyclic amines) is 1. The summed E-state index contributed by atoms with van der Waals surface area (Å²) in [6, 6.07) is 0. The Labute approximate surface area is 103 Å². The molecule has 1 aliphatic rings. The largest absolute Gasteiger partial charge is 0.377 e. The van der Waals surface area contributed by atoms with E-state index < -0.39 is 5.54 Å². The van der Waals surface area contributed by atoms with Crippen molar-refractivity contribution in [1.82, 2.24) is 10.2 Å². The lowest BCUT2D eigenvalue weighted by Gasteiger charge is -2.29. The molecule has 5 heteroatoms. The Morgan fingerprint density at radius 1 is 1.29 bits per heavy atom. The van der Waals surface area contributed by atoms with Gasteiger partial charge in [-0.25, -0.2) is 0 Å². The summed E-state index contributed by atoms with van der Waals surface area (Å²) in [5.41, 5.74) is -0.532. The highest BCUT2D eigenvalue weighted by molar-refractivity contribution is 5.85. The highest BCUT2D eigenvalue weighted by Gasteiger charge is 2.40. The van der Waals surface area contributed by atoms with Crippen LogP contribution < -0.4 is 5.32 Å². The third kappa shape index (κ3) is 3.18. The van der Waals surface area contributed by atoms with Crippen LogP contribution in [0.1, 0.15) is 20.8 Å². The zero-order chi connectivity index (χ0) is 13.1. The lowest BCUT2D eigenvalue weighted by Crippen LogP contribution is -2.53. The Bertz CT molecular complexity index is 256. The van der Waals surface area contributed by atoms with E-state index in [-0.39, 0.29) is 18.1 Å². The van der Waals surface area contributed by atoms with E-state index in [2.05, 4.69) is 5.32 Å². The van der Waals surface area contributed by atoms with Crippen LogP contribution in [-0.2, 0) is 14.3 Å². The maximum atomic E-state index is 12.3. The highest BCUT2D eigenvalue weighted by atomic mass is 16.5. The van der Waals surface area contributed by atoms with Gasteiger partial charge in [0.2, 0.25) is 5.91 Å². The summed E-state index contributed by atoms with van der Waals surface area (Å²) >= 11 is 0. The molecule has 0 aromatic heterocycles. The second kappa shape index (κ2) is 5.80. The molecule has 0 spiro atoms. The molecular weight excluding hydrogens is 220 g/mol. The van der Waals surface area contributed by atoms with Gasteiger partial charge in [-0.1, -0.05) is 6.92 Å². The van der Waals surface area contributed by atoms with Gasteiger partial charge in [0.15, 0.2) is 0 Å². The van der Waals surface area contributed by atoms with E-state index in [0.29, 0.717) is 13.1 Å². The van der Waals surface area contributed by atoms with Crippen LogP contribution in [0.15, 0.2) is 0 Å². The Morgan fingerprint density at radius 2 is 1.76 bits per heavy atom. The molecule has 0 aromatic carbocycles. The fraction of sp³-hybridized carbons (Fsp3) is 0.917. The molecule has 5 nitrogen and oxygen atoms in total. The van der Waals surface area contributed by atoms with E-state index in [4.69, 9.17) is 9.47 Å². The van der Waals surface area contributed by atoms with E-state index in [1.807, 2.05) is 25.7 Å². The molecule has 1 saturated heterocycles. The van der Waals surface area contributed by atoms with Crippen molar-refractivity contribution in [1.29, 1.82) is 0 Å². The molecule has 2 unspecified atom stereocenters. The van der Waals surface area contributed by atoms with E-state index in [0.717, 1.165) is 6.54 Å². The first kappa shape index (κ1) is 14.4. The molecule has 1 rings (SSSR count). The van der Waals surface area contributed by atoms with E-state index in [1.54, 1.807) is 14.2 Å². The molecule has 1 amide bonds. The number of nitrogens with zero attached hydrogens (tertiary/aromatic N) is 1. The SMILES string of the molecule is CCNC(C)(C)C(=O)N1CC(OC)C(OC)C1. The molecule has 0 bridgehead atoms. The number of amides is 1. The smallest absolute Gasteiger partial charge is 0.242 e. The average Bonchev–Trinajstić information content (AvgIpc) is 2.70. The van der Waals surface area contributed by atoms with Crippen LogP contribution in [0, 0.1) is 0 Å². The van der Waals surface area contributed by atoms with Crippen LogP contribution >= 0.6 is 0 Å². The van der Waals surface area contributed by atoms with Gasteiger partial charge in [-0.3, -0.25) is 4.79 Å². The van der Waals surface area contributed by atoms with Crippen LogP contribution in [-0.4, -0.2) is 62.4 Å². The zero-order valence-electron chi connectivity index (χ0n) is 11.4. The van der Waals surface area contributed by atoms with Crippen molar-refractivity contribution in [3.63, 3.8) is 0 Å². The summed E-state index contributed by atoms with van der Waals surface area (Å²) in [6.07, 6.45) is -0.0530. The zero-order valence-corrected chi connectivity index (χ0v) is 11.4. The Hall–Kier alpha value is -0.650. The maximum Gasteiger partial charge on any atom is 0.242 e. The quantitative estimate of drug-likeness (QED) is 0.753. The van der Waals surface area contributed by atoms with Crippen molar-refractivity contribution in [2.45, 2.75) is 38.5 Å². The molecular formula is C12H24N2O3. The van der Waals surface area contributed by atoms with Gasteiger partial charge in [0, 0.05) is 27.3 Å². The number of hydrogen-bond acceptors (Lipinski definition) is 4. The summed E-state index contributed by atoms with van der Waals surface area (Å²) in [7, 11) is 3.31. The second-order valence-corrected chi connectivity index (χ2v) is 4.91. The molecule has 17 heavy (non-hydrogen) atoms. The minimum atomic E-state index is -0.532. The Balaban J connectivity index is 2.66. The molecule has 0 radical (unpaired) electrons. The number of ether oxygens (including phenoxy) is 2. The van der Waals surface area contributed by atoms with Gasteiger partial charge in [0.1, 0.15) is 12.2 Å². The third-order valence-corrected chi connectivity index (χ3v) is 3.26. The number of nitrogens with one attached hydrogen (secondary N) is 1. The van der Waals surface area contributed by atoms with E-state index in [1.165, 1.54) is 0 Å². The molecule has 1 aliphatic heterocycles. The van der Waals surface area contributed by atoms with Crippen LogP contribution in [0.2, 0.25) is 0 Å². The molecule has 1 fully saturated rings. The summed E-state index contributed by atoms with van der Waals surface area (Å²) in [6.45, 7) is 7.77. The van der Waals surface area contributed by atoms with Gasteiger partial charge in [-0.15, -0.1) is 0 Å². The van der Waals surface area contributed by atoms with Crippen LogP contribution in [0.25, 0.3) is 0 Å². The summed E-state index contributed by atoms with van der Waals surface area (Å²) in [5.74, 6) is 0.0981. The number of methoxy groups -OCH3 is 2. The maximum absolute atomic E-state index is 12.3. The Kier molecular flexibility index (Phi) is 4.91. The van der Waals surface area contributed by atoms with Crippen molar-refractivity contribution in [2.75, 3.05) is 33.9 Å². The van der Waals surface area contributed by atoms with Crippen molar-refractivity contribution in [3.05, 3.63) is 0 Å². The fourth-order valence-corrected chi connectivity index (χ4v) is 2.28. The summed E-state index contributed by atoms with van der Waals surface area (Å²) in [5, 5.41) is 3.19. The van der Waals surface area contributed by atoms with Crippen molar-refractivity contribution in [3.8, 4) is 0 Å². The third-order valence-electron chi connectivity index (χ3n) is 3.26. The van der Waals surface area contributed by atoms with Gasteiger partial charge in [0.05, 0.1) is 5.54 Å². The number of likely N-dealkylation sites (N-methyl/N-ethyl adjacent to an activating group) is 1. The fourth-order valence-electron chi connectivity index (χ4n) is 2.28. The molecule has 1 N–H and O–H groups in total. The molecule has 0 aliphatic carbocycles. The molecule has 0 saturated carbocycles. The highest BCUT2D eigenvalue weighted by Crippen LogP contribution is 2.19. The number of rotatable bonds is 5. The van der Waals surface area contributed by atoms with E-state index >= 15 is 0 Å². The van der Waals surface area contributed by atoms with Gasteiger partial charge in [-0.05, 0) is 20.4 Å². The number of hydrogen-bond donors (Lipinski definition) is 1. The first-order chi connectivity index (χ1) is 7.96. The predicted molar refractivity (Wildman–Crippen MR) is 65.9 cm³/mol. The normalized spacial score (nSPS) is 25.4. The lowest BCUT2D eigenvalue weighted by atomic mass is 10.0. The topological polar surface area (TPSA) is 50.8 Å². The molecule has 2 atom stereocenters. The second-order valence-electron chi connectivity index (χ2n) is 4.91. The van der Waals surface area contributed by atoms with E-state index in [9.17, 15) is 4.79 Å². The van der Waals surface area contributed by atoms with Crippen LogP contribution in [0.5, 0.6) is 0 Å². The van der Waals surface area contributed by atoms with Gasteiger partial charge >= 0.3 is 0 Å². The minimum Gasteiger partial charge on any atom is -0.377 e. The van der Waals surface area contributed by atoms with Crippen molar-refractivity contribution >= 4 is 5.91 Å². The Morgan fingerprint density at radius 3 is 2.12 bits per heavy atom. The molecule has 100 valence electrons. The van der Waals surface area contributed by atoms with Crippen LogP contribution in [0.4, 0.5) is 0 Å². The lowest BCUT2D eigenvalue weighted by molar-refractivity contribution is -0.136. The van der Waals surface area contributed by atoms with Gasteiger partial charge in [0.25, 0.3) is 0 Å². The minimum absolute atomic E-state index is 0.0265. The number of carbonyl (C=O) groups excluding carboxylic acids is 1. The van der Waals surface area contributed by atoms with Crippen molar-refractivity contribution < 1.29 is 14.3 Å². The predicted octanol–water partition coefficient (Wildman–Crippen LogP) is 0.247. The van der Waals surface area contributed by atoms with Crippen LogP contribution in [0.3, 0.4) is 0 Å². The summed E-state index contributed by atoms with van der Waals surface area (Å²) in [4.78, 5) is 14.1. The van der Waals surface area contributed by atoms with Gasteiger partial charge in [-0.2, -0.15) is 0 Å². The standard InChI is InChI=1S/C12H24N2O3/c1-6-13-12(2,3)11(15)14-7-9(16-4)10(8-14)17-5/h9-10,13H,6-8H2,1-5H3.